The normalized spacial score (nSPS) is 15.2. The summed E-state index contributed by atoms with van der Waals surface area (Å²) in [5.41, 5.74) is 4.16. The van der Waals surface area contributed by atoms with Gasteiger partial charge in [-0.25, -0.2) is 4.68 Å². The number of rotatable bonds is 6. The average Bonchev–Trinajstić information content (AvgIpc) is 2.91. The van der Waals surface area contributed by atoms with Crippen molar-refractivity contribution < 1.29 is 4.79 Å². The number of nitrogens with one attached hydrogen (secondary N) is 2. The van der Waals surface area contributed by atoms with Crippen LogP contribution in [0.4, 0.5) is 0 Å². The van der Waals surface area contributed by atoms with Gasteiger partial charge in [0.15, 0.2) is 0 Å². The molecule has 1 heterocycles. The van der Waals surface area contributed by atoms with Crippen molar-refractivity contribution in [3.05, 3.63) is 46.2 Å². The van der Waals surface area contributed by atoms with Crippen molar-refractivity contribution in [3.8, 4) is 5.69 Å². The molecule has 1 aromatic heterocycles. The Hall–Kier alpha value is -1.85. The first kappa shape index (κ1) is 18.9. The summed E-state index contributed by atoms with van der Waals surface area (Å²) >= 11 is 5.97. The molecule has 1 aromatic carbocycles. The Morgan fingerprint density at radius 2 is 1.88 bits per heavy atom. The number of aromatic nitrogens is 2. The number of aryl methyl sites for hydroxylation is 1. The van der Waals surface area contributed by atoms with E-state index in [0.717, 1.165) is 35.5 Å². The number of benzene rings is 1. The number of hydrogen-bond donors (Lipinski definition) is 2. The lowest BCUT2D eigenvalue weighted by atomic mass is 9.95. The molecule has 1 saturated carbocycles. The van der Waals surface area contributed by atoms with Crippen molar-refractivity contribution in [1.29, 1.82) is 0 Å². The second-order valence-corrected chi connectivity index (χ2v) is 7.48. The van der Waals surface area contributed by atoms with E-state index >= 15 is 0 Å². The minimum atomic E-state index is 0.0808. The van der Waals surface area contributed by atoms with Gasteiger partial charge in [-0.2, -0.15) is 5.10 Å². The SMILES string of the molecule is Cc1nn(-c2ccc(Cl)cc2)c(C)c1CNCC(=O)NC1CCCCC1. The third kappa shape index (κ3) is 4.65. The van der Waals surface area contributed by atoms with Crippen LogP contribution in [-0.4, -0.2) is 28.3 Å². The zero-order valence-electron chi connectivity index (χ0n) is 15.5. The molecule has 0 spiro atoms. The number of carbonyl (C=O) groups excluding carboxylic acids is 1. The van der Waals surface area contributed by atoms with Gasteiger partial charge in [-0.05, 0) is 51.0 Å². The molecule has 0 radical (unpaired) electrons. The van der Waals surface area contributed by atoms with Crippen LogP contribution in [0, 0.1) is 13.8 Å². The van der Waals surface area contributed by atoms with E-state index in [4.69, 9.17) is 11.6 Å². The van der Waals surface area contributed by atoms with Crippen molar-refractivity contribution in [3.63, 3.8) is 0 Å². The standard InChI is InChI=1S/C20H27ClN4O/c1-14-19(12-22-13-20(26)23-17-6-4-3-5-7-17)15(2)25(24-14)18-10-8-16(21)9-11-18/h8-11,17,22H,3-7,12-13H2,1-2H3,(H,23,26). The third-order valence-corrected chi connectivity index (χ3v) is 5.32. The van der Waals surface area contributed by atoms with E-state index in [1.807, 2.05) is 42.8 Å². The fourth-order valence-corrected chi connectivity index (χ4v) is 3.72. The summed E-state index contributed by atoms with van der Waals surface area (Å²) in [4.78, 5) is 12.1. The monoisotopic (exact) mass is 374 g/mol. The summed E-state index contributed by atoms with van der Waals surface area (Å²) in [6, 6.07) is 7.99. The Kier molecular flexibility index (Phi) is 6.33. The maximum atomic E-state index is 12.1. The van der Waals surface area contributed by atoms with E-state index in [9.17, 15) is 4.79 Å². The molecule has 140 valence electrons. The van der Waals surface area contributed by atoms with E-state index < -0.39 is 0 Å². The zero-order chi connectivity index (χ0) is 18.5. The molecule has 5 nitrogen and oxygen atoms in total. The quantitative estimate of drug-likeness (QED) is 0.810. The van der Waals surface area contributed by atoms with E-state index in [-0.39, 0.29) is 5.91 Å². The predicted molar refractivity (Wildman–Crippen MR) is 105 cm³/mol. The van der Waals surface area contributed by atoms with E-state index in [2.05, 4.69) is 15.7 Å². The molecule has 0 aliphatic heterocycles. The molecule has 1 aliphatic carbocycles. The summed E-state index contributed by atoms with van der Waals surface area (Å²) in [6.07, 6.45) is 5.96. The molecule has 0 unspecified atom stereocenters. The van der Waals surface area contributed by atoms with Crippen molar-refractivity contribution in [2.45, 2.75) is 58.5 Å². The molecule has 1 amide bonds. The van der Waals surface area contributed by atoms with Crippen molar-refractivity contribution in [2.24, 2.45) is 0 Å². The van der Waals surface area contributed by atoms with Gasteiger partial charge in [0.25, 0.3) is 0 Å². The predicted octanol–water partition coefficient (Wildman–Crippen LogP) is 3.68. The van der Waals surface area contributed by atoms with Gasteiger partial charge in [0.05, 0.1) is 17.9 Å². The van der Waals surface area contributed by atoms with Gasteiger partial charge in [-0.1, -0.05) is 30.9 Å². The number of halogens is 1. The molecule has 0 bridgehead atoms. The van der Waals surface area contributed by atoms with Crippen LogP contribution in [0.3, 0.4) is 0 Å². The van der Waals surface area contributed by atoms with Crippen LogP contribution >= 0.6 is 11.6 Å². The number of hydrogen-bond acceptors (Lipinski definition) is 3. The van der Waals surface area contributed by atoms with Gasteiger partial charge in [0.2, 0.25) is 5.91 Å². The average molecular weight is 375 g/mol. The molecular weight excluding hydrogens is 348 g/mol. The van der Waals surface area contributed by atoms with Gasteiger partial charge in [0.1, 0.15) is 0 Å². The summed E-state index contributed by atoms with van der Waals surface area (Å²) in [5, 5.41) is 11.7. The molecule has 0 atom stereocenters. The number of carbonyl (C=O) groups is 1. The van der Waals surface area contributed by atoms with Crippen LogP contribution in [-0.2, 0) is 11.3 Å². The Morgan fingerprint density at radius 1 is 1.19 bits per heavy atom. The first-order valence-electron chi connectivity index (χ1n) is 9.35. The summed E-state index contributed by atoms with van der Waals surface area (Å²) < 4.78 is 1.92. The highest BCUT2D eigenvalue weighted by molar-refractivity contribution is 6.30. The molecule has 26 heavy (non-hydrogen) atoms. The van der Waals surface area contributed by atoms with Gasteiger partial charge in [-0.15, -0.1) is 0 Å². The van der Waals surface area contributed by atoms with Gasteiger partial charge in [-0.3, -0.25) is 4.79 Å². The topological polar surface area (TPSA) is 59.0 Å². The molecule has 3 rings (SSSR count). The molecule has 2 N–H and O–H groups in total. The molecule has 0 saturated heterocycles. The summed E-state index contributed by atoms with van der Waals surface area (Å²) in [5.74, 6) is 0.0808. The Labute approximate surface area is 160 Å². The summed E-state index contributed by atoms with van der Waals surface area (Å²) in [7, 11) is 0. The Balaban J connectivity index is 1.56. The molecule has 1 fully saturated rings. The van der Waals surface area contributed by atoms with Crippen LogP contribution in [0.25, 0.3) is 5.69 Å². The van der Waals surface area contributed by atoms with E-state index in [1.54, 1.807) is 0 Å². The van der Waals surface area contributed by atoms with Crippen LogP contribution in [0.15, 0.2) is 24.3 Å². The smallest absolute Gasteiger partial charge is 0.234 e. The van der Waals surface area contributed by atoms with Crippen molar-refractivity contribution >= 4 is 17.5 Å². The van der Waals surface area contributed by atoms with Crippen molar-refractivity contribution in [2.75, 3.05) is 6.54 Å². The second-order valence-electron chi connectivity index (χ2n) is 7.04. The highest BCUT2D eigenvalue weighted by atomic mass is 35.5. The Bertz CT molecular complexity index is 748. The number of amides is 1. The highest BCUT2D eigenvalue weighted by Crippen LogP contribution is 2.20. The molecule has 1 aliphatic rings. The lowest BCUT2D eigenvalue weighted by Gasteiger charge is -2.22. The minimum Gasteiger partial charge on any atom is -0.352 e. The van der Waals surface area contributed by atoms with E-state index in [1.165, 1.54) is 19.3 Å². The third-order valence-electron chi connectivity index (χ3n) is 5.07. The second kappa shape index (κ2) is 8.69. The molecule has 6 heteroatoms. The van der Waals surface area contributed by atoms with Crippen molar-refractivity contribution in [1.82, 2.24) is 20.4 Å². The van der Waals surface area contributed by atoms with Crippen LogP contribution < -0.4 is 10.6 Å². The van der Waals surface area contributed by atoms with Crippen LogP contribution in [0.2, 0.25) is 5.02 Å². The molecular formula is C20H27ClN4O. The fourth-order valence-electron chi connectivity index (χ4n) is 3.59. The van der Waals surface area contributed by atoms with Gasteiger partial charge in [0, 0.05) is 28.9 Å². The number of nitrogens with zero attached hydrogens (tertiary/aromatic N) is 2. The van der Waals surface area contributed by atoms with Gasteiger partial charge >= 0.3 is 0 Å². The fraction of sp³-hybridized carbons (Fsp3) is 0.500. The van der Waals surface area contributed by atoms with Crippen LogP contribution in [0.5, 0.6) is 0 Å². The van der Waals surface area contributed by atoms with E-state index in [0.29, 0.717) is 24.2 Å². The maximum absolute atomic E-state index is 12.1. The lowest BCUT2D eigenvalue weighted by molar-refractivity contribution is -0.121. The Morgan fingerprint density at radius 3 is 2.58 bits per heavy atom. The largest absolute Gasteiger partial charge is 0.352 e. The highest BCUT2D eigenvalue weighted by Gasteiger charge is 2.16. The minimum absolute atomic E-state index is 0.0808. The first-order chi connectivity index (χ1) is 12.5. The summed E-state index contributed by atoms with van der Waals surface area (Å²) in [6.45, 7) is 5.01. The maximum Gasteiger partial charge on any atom is 0.234 e. The first-order valence-corrected chi connectivity index (χ1v) is 9.73. The van der Waals surface area contributed by atoms with Crippen LogP contribution in [0.1, 0.15) is 49.1 Å². The molecule has 2 aromatic rings. The van der Waals surface area contributed by atoms with Gasteiger partial charge < -0.3 is 10.6 Å². The lowest BCUT2D eigenvalue weighted by Crippen LogP contribution is -2.41. The zero-order valence-corrected chi connectivity index (χ0v) is 16.3.